The molecule has 0 aliphatic rings. The van der Waals surface area contributed by atoms with Gasteiger partial charge in [-0.05, 0) is 37.0 Å². The second-order valence-electron chi connectivity index (χ2n) is 4.55. The molecule has 0 fully saturated rings. The van der Waals surface area contributed by atoms with Crippen molar-refractivity contribution in [2.24, 2.45) is 5.92 Å². The lowest BCUT2D eigenvalue weighted by molar-refractivity contribution is 0.523. The van der Waals surface area contributed by atoms with E-state index in [0.29, 0.717) is 5.88 Å². The number of benzene rings is 1. The minimum atomic E-state index is -0.211. The maximum absolute atomic E-state index is 12.9. The summed E-state index contributed by atoms with van der Waals surface area (Å²) in [6.45, 7) is 2.84. The Hall–Kier alpha value is -1.42. The van der Waals surface area contributed by atoms with E-state index >= 15 is 0 Å². The standard InChI is InChI=1S/C14H17ClFN3/c1-2-19-14(17-10-18-19)8-12(9-15)7-11-3-5-13(16)6-4-11/h3-6,10,12H,2,7-9H2,1H3. The van der Waals surface area contributed by atoms with Crippen LogP contribution in [0.15, 0.2) is 30.6 Å². The highest BCUT2D eigenvalue weighted by Gasteiger charge is 2.13. The topological polar surface area (TPSA) is 30.7 Å². The van der Waals surface area contributed by atoms with E-state index < -0.39 is 0 Å². The molecular weight excluding hydrogens is 265 g/mol. The van der Waals surface area contributed by atoms with Gasteiger partial charge in [0.15, 0.2) is 0 Å². The largest absolute Gasteiger partial charge is 0.250 e. The summed E-state index contributed by atoms with van der Waals surface area (Å²) in [5.41, 5.74) is 1.09. The summed E-state index contributed by atoms with van der Waals surface area (Å²) in [5, 5.41) is 4.15. The number of nitrogens with zero attached hydrogens (tertiary/aromatic N) is 3. The predicted molar refractivity (Wildman–Crippen MR) is 73.7 cm³/mol. The monoisotopic (exact) mass is 281 g/mol. The van der Waals surface area contributed by atoms with Crippen LogP contribution < -0.4 is 0 Å². The van der Waals surface area contributed by atoms with Crippen molar-refractivity contribution in [2.45, 2.75) is 26.3 Å². The minimum Gasteiger partial charge on any atom is -0.250 e. The van der Waals surface area contributed by atoms with Crippen LogP contribution in [0.5, 0.6) is 0 Å². The molecular formula is C14H17ClFN3. The highest BCUT2D eigenvalue weighted by atomic mass is 35.5. The molecule has 0 N–H and O–H groups in total. The number of halogens is 2. The molecule has 2 rings (SSSR count). The van der Waals surface area contributed by atoms with Gasteiger partial charge in [-0.1, -0.05) is 12.1 Å². The summed E-state index contributed by atoms with van der Waals surface area (Å²) >= 11 is 6.03. The van der Waals surface area contributed by atoms with Gasteiger partial charge in [0, 0.05) is 18.8 Å². The first-order chi connectivity index (χ1) is 9.22. The molecule has 2 aromatic rings. The summed E-state index contributed by atoms with van der Waals surface area (Å²) < 4.78 is 14.7. The second kappa shape index (κ2) is 6.66. The molecule has 19 heavy (non-hydrogen) atoms. The van der Waals surface area contributed by atoms with Crippen LogP contribution in [0.4, 0.5) is 4.39 Å². The van der Waals surface area contributed by atoms with Gasteiger partial charge in [-0.2, -0.15) is 5.10 Å². The summed E-state index contributed by atoms with van der Waals surface area (Å²) in [4.78, 5) is 4.26. The fourth-order valence-corrected chi connectivity index (χ4v) is 2.32. The van der Waals surface area contributed by atoms with E-state index in [1.54, 1.807) is 18.5 Å². The normalized spacial score (nSPS) is 12.6. The molecule has 0 radical (unpaired) electrons. The molecule has 1 heterocycles. The van der Waals surface area contributed by atoms with E-state index in [2.05, 4.69) is 10.1 Å². The van der Waals surface area contributed by atoms with Gasteiger partial charge in [-0.3, -0.25) is 4.68 Å². The van der Waals surface area contributed by atoms with Crippen LogP contribution in [-0.2, 0) is 19.4 Å². The van der Waals surface area contributed by atoms with Crippen LogP contribution in [0, 0.1) is 11.7 Å². The fourth-order valence-electron chi connectivity index (χ4n) is 2.10. The van der Waals surface area contributed by atoms with E-state index in [4.69, 9.17) is 11.6 Å². The zero-order valence-electron chi connectivity index (χ0n) is 10.9. The Kier molecular flexibility index (Phi) is 4.91. The Balaban J connectivity index is 2.02. The Labute approximate surface area is 117 Å². The van der Waals surface area contributed by atoms with Gasteiger partial charge in [0.1, 0.15) is 18.0 Å². The van der Waals surface area contributed by atoms with Crippen LogP contribution >= 0.6 is 11.6 Å². The average molecular weight is 282 g/mol. The molecule has 0 aliphatic heterocycles. The molecule has 1 atom stereocenters. The maximum atomic E-state index is 12.9. The van der Waals surface area contributed by atoms with Crippen molar-refractivity contribution in [1.29, 1.82) is 0 Å². The van der Waals surface area contributed by atoms with Gasteiger partial charge in [0.2, 0.25) is 0 Å². The molecule has 0 bridgehead atoms. The number of alkyl halides is 1. The van der Waals surface area contributed by atoms with E-state index in [1.165, 1.54) is 12.1 Å². The molecule has 1 aromatic heterocycles. The van der Waals surface area contributed by atoms with E-state index in [9.17, 15) is 4.39 Å². The first kappa shape index (κ1) is 14.0. The van der Waals surface area contributed by atoms with Crippen molar-refractivity contribution in [1.82, 2.24) is 14.8 Å². The molecule has 0 aliphatic carbocycles. The molecule has 0 saturated heterocycles. The highest BCUT2D eigenvalue weighted by Crippen LogP contribution is 2.15. The predicted octanol–water partition coefficient (Wildman–Crippen LogP) is 3.08. The maximum Gasteiger partial charge on any atom is 0.138 e. The molecule has 1 aromatic carbocycles. The third kappa shape index (κ3) is 3.77. The van der Waals surface area contributed by atoms with Gasteiger partial charge in [0.25, 0.3) is 0 Å². The van der Waals surface area contributed by atoms with Crippen LogP contribution in [0.3, 0.4) is 0 Å². The van der Waals surface area contributed by atoms with Gasteiger partial charge < -0.3 is 0 Å². The van der Waals surface area contributed by atoms with Crippen LogP contribution in [0.25, 0.3) is 0 Å². The van der Waals surface area contributed by atoms with Crippen LogP contribution in [-0.4, -0.2) is 20.6 Å². The molecule has 1 unspecified atom stereocenters. The molecule has 5 heteroatoms. The minimum absolute atomic E-state index is 0.211. The summed E-state index contributed by atoms with van der Waals surface area (Å²) in [5.74, 6) is 1.57. The first-order valence-corrected chi connectivity index (χ1v) is 6.93. The zero-order chi connectivity index (χ0) is 13.7. The average Bonchev–Trinajstić information content (AvgIpc) is 2.87. The zero-order valence-corrected chi connectivity index (χ0v) is 11.6. The molecule has 0 spiro atoms. The number of aryl methyl sites for hydroxylation is 1. The third-order valence-corrected chi connectivity index (χ3v) is 3.56. The Morgan fingerprint density at radius 2 is 2.00 bits per heavy atom. The van der Waals surface area contributed by atoms with Crippen molar-refractivity contribution in [3.05, 3.63) is 47.8 Å². The number of aromatic nitrogens is 3. The van der Waals surface area contributed by atoms with Crippen LogP contribution in [0.2, 0.25) is 0 Å². The van der Waals surface area contributed by atoms with Gasteiger partial charge in [0.05, 0.1) is 0 Å². The quantitative estimate of drug-likeness (QED) is 0.762. The number of hydrogen-bond donors (Lipinski definition) is 0. The van der Waals surface area contributed by atoms with Crippen molar-refractivity contribution in [2.75, 3.05) is 5.88 Å². The van der Waals surface area contributed by atoms with Crippen molar-refractivity contribution in [3.8, 4) is 0 Å². The van der Waals surface area contributed by atoms with Crippen molar-refractivity contribution >= 4 is 11.6 Å². The van der Waals surface area contributed by atoms with E-state index in [1.807, 2.05) is 11.6 Å². The number of rotatable bonds is 6. The highest BCUT2D eigenvalue weighted by molar-refractivity contribution is 6.18. The van der Waals surface area contributed by atoms with Gasteiger partial charge in [-0.15, -0.1) is 11.6 Å². The third-order valence-electron chi connectivity index (χ3n) is 3.12. The Bertz CT molecular complexity index is 510. The van der Waals surface area contributed by atoms with Crippen molar-refractivity contribution < 1.29 is 4.39 Å². The lowest BCUT2D eigenvalue weighted by atomic mass is 9.97. The second-order valence-corrected chi connectivity index (χ2v) is 4.86. The van der Waals surface area contributed by atoms with E-state index in [0.717, 1.165) is 30.8 Å². The lowest BCUT2D eigenvalue weighted by Gasteiger charge is -2.13. The molecule has 3 nitrogen and oxygen atoms in total. The Morgan fingerprint density at radius 1 is 1.26 bits per heavy atom. The lowest BCUT2D eigenvalue weighted by Crippen LogP contribution is -2.14. The SMILES string of the molecule is CCn1ncnc1CC(CCl)Cc1ccc(F)cc1. The summed E-state index contributed by atoms with van der Waals surface area (Å²) in [6, 6.07) is 6.57. The van der Waals surface area contributed by atoms with Gasteiger partial charge >= 0.3 is 0 Å². The van der Waals surface area contributed by atoms with Gasteiger partial charge in [-0.25, -0.2) is 9.37 Å². The molecule has 102 valence electrons. The summed E-state index contributed by atoms with van der Waals surface area (Å²) in [6.07, 6.45) is 3.18. The van der Waals surface area contributed by atoms with E-state index in [-0.39, 0.29) is 11.7 Å². The Morgan fingerprint density at radius 3 is 2.63 bits per heavy atom. The molecule has 0 saturated carbocycles. The van der Waals surface area contributed by atoms with Crippen LogP contribution in [0.1, 0.15) is 18.3 Å². The van der Waals surface area contributed by atoms with Crippen molar-refractivity contribution in [3.63, 3.8) is 0 Å². The fraction of sp³-hybridized carbons (Fsp3) is 0.429. The smallest absolute Gasteiger partial charge is 0.138 e. The first-order valence-electron chi connectivity index (χ1n) is 6.40. The summed E-state index contributed by atoms with van der Waals surface area (Å²) in [7, 11) is 0. The molecule has 0 amide bonds. The number of hydrogen-bond acceptors (Lipinski definition) is 2.